The zero-order valence-corrected chi connectivity index (χ0v) is 12.9. The van der Waals surface area contributed by atoms with Gasteiger partial charge in [0.15, 0.2) is 6.10 Å². The minimum atomic E-state index is -1.39. The number of halogens is 1. The summed E-state index contributed by atoms with van der Waals surface area (Å²) in [6.45, 7) is 1.79. The normalized spacial score (nSPS) is 12.0. The van der Waals surface area contributed by atoms with E-state index in [1.807, 2.05) is 0 Å². The molecule has 2 N–H and O–H groups in total. The van der Waals surface area contributed by atoms with Gasteiger partial charge in [-0.25, -0.2) is 9.37 Å². The van der Waals surface area contributed by atoms with Crippen molar-refractivity contribution in [1.82, 2.24) is 4.98 Å². The third-order valence-electron chi connectivity index (χ3n) is 3.43. The van der Waals surface area contributed by atoms with Crippen molar-refractivity contribution in [2.75, 3.05) is 5.32 Å². The molecule has 122 valence electrons. The molecule has 1 atom stereocenters. The number of nitrogens with one attached hydrogen (secondary N) is 1. The van der Waals surface area contributed by atoms with Gasteiger partial charge in [0.05, 0.1) is 6.20 Å². The second kappa shape index (κ2) is 6.64. The van der Waals surface area contributed by atoms with E-state index in [0.29, 0.717) is 28.5 Å². The first kappa shape index (κ1) is 15.9. The van der Waals surface area contributed by atoms with Crippen molar-refractivity contribution >= 4 is 11.6 Å². The van der Waals surface area contributed by atoms with E-state index in [1.165, 1.54) is 24.3 Å². The van der Waals surface area contributed by atoms with Crippen LogP contribution >= 0.6 is 0 Å². The molecule has 1 heterocycles. The van der Waals surface area contributed by atoms with Crippen molar-refractivity contribution < 1.29 is 18.7 Å². The Hall–Kier alpha value is -2.99. The highest BCUT2D eigenvalue weighted by atomic mass is 19.1. The Labute approximate surface area is 137 Å². The van der Waals surface area contributed by atoms with Gasteiger partial charge in [-0.05, 0) is 42.8 Å². The standard InChI is InChI=1S/C18H15FN2O3/c1-11-10-20-18(24-11)13-3-2-4-15(9-13)21-17(23)16(22)12-5-7-14(19)8-6-12/h2-10,16,22H,1H3,(H,21,23). The van der Waals surface area contributed by atoms with Gasteiger partial charge in [-0.1, -0.05) is 18.2 Å². The van der Waals surface area contributed by atoms with Crippen LogP contribution in [-0.2, 0) is 4.79 Å². The average Bonchev–Trinajstić information content (AvgIpc) is 3.02. The maximum absolute atomic E-state index is 12.9. The van der Waals surface area contributed by atoms with Crippen LogP contribution in [0.2, 0.25) is 0 Å². The molecule has 0 saturated heterocycles. The largest absolute Gasteiger partial charge is 0.441 e. The van der Waals surface area contributed by atoms with Gasteiger partial charge in [-0.2, -0.15) is 0 Å². The molecule has 0 fully saturated rings. The lowest BCUT2D eigenvalue weighted by Gasteiger charge is -2.12. The summed E-state index contributed by atoms with van der Waals surface area (Å²) in [5.41, 5.74) is 1.51. The zero-order valence-electron chi connectivity index (χ0n) is 12.9. The Morgan fingerprint density at radius 2 is 2.00 bits per heavy atom. The van der Waals surface area contributed by atoms with E-state index in [9.17, 15) is 14.3 Å². The Bertz CT molecular complexity index is 859. The Balaban J connectivity index is 1.75. The van der Waals surface area contributed by atoms with Crippen molar-refractivity contribution in [2.24, 2.45) is 0 Å². The second-order valence-electron chi connectivity index (χ2n) is 5.30. The van der Waals surface area contributed by atoms with Crippen molar-refractivity contribution in [1.29, 1.82) is 0 Å². The Morgan fingerprint density at radius 3 is 2.67 bits per heavy atom. The molecular formula is C18H15FN2O3. The molecule has 0 aliphatic carbocycles. The van der Waals surface area contributed by atoms with Crippen LogP contribution in [0.1, 0.15) is 17.4 Å². The molecule has 3 rings (SSSR count). The number of carbonyl (C=O) groups is 1. The van der Waals surface area contributed by atoms with E-state index in [-0.39, 0.29) is 0 Å². The second-order valence-corrected chi connectivity index (χ2v) is 5.30. The molecule has 1 amide bonds. The number of hydrogen-bond donors (Lipinski definition) is 2. The maximum atomic E-state index is 12.9. The Morgan fingerprint density at radius 1 is 1.25 bits per heavy atom. The predicted molar refractivity (Wildman–Crippen MR) is 86.7 cm³/mol. The summed E-state index contributed by atoms with van der Waals surface area (Å²) in [6, 6.07) is 12.0. The monoisotopic (exact) mass is 326 g/mol. The molecule has 0 aliphatic rings. The lowest BCUT2D eigenvalue weighted by atomic mass is 10.1. The summed E-state index contributed by atoms with van der Waals surface area (Å²) >= 11 is 0. The summed E-state index contributed by atoms with van der Waals surface area (Å²) in [7, 11) is 0. The van der Waals surface area contributed by atoms with Gasteiger partial charge in [-0.3, -0.25) is 4.79 Å². The van der Waals surface area contributed by atoms with Crippen LogP contribution in [0.5, 0.6) is 0 Å². The van der Waals surface area contributed by atoms with Crippen molar-refractivity contribution in [3.63, 3.8) is 0 Å². The summed E-state index contributed by atoms with van der Waals surface area (Å²) in [4.78, 5) is 16.3. The first-order valence-corrected chi connectivity index (χ1v) is 7.30. The number of hydrogen-bond acceptors (Lipinski definition) is 4. The number of anilines is 1. The number of nitrogens with zero attached hydrogens (tertiary/aromatic N) is 1. The molecule has 0 saturated carbocycles. The number of rotatable bonds is 4. The van der Waals surface area contributed by atoms with Crippen molar-refractivity contribution in [3.8, 4) is 11.5 Å². The van der Waals surface area contributed by atoms with Crippen LogP contribution in [0.3, 0.4) is 0 Å². The molecule has 0 spiro atoms. The molecule has 1 unspecified atom stereocenters. The number of amides is 1. The molecule has 6 heteroatoms. The molecule has 2 aromatic carbocycles. The fourth-order valence-corrected chi connectivity index (χ4v) is 2.23. The number of oxazole rings is 1. The number of aliphatic hydroxyl groups excluding tert-OH is 1. The first-order chi connectivity index (χ1) is 11.5. The first-order valence-electron chi connectivity index (χ1n) is 7.30. The van der Waals surface area contributed by atoms with Gasteiger partial charge in [0.25, 0.3) is 5.91 Å². The van der Waals surface area contributed by atoms with E-state index in [4.69, 9.17) is 4.42 Å². The predicted octanol–water partition coefficient (Wildman–Crippen LogP) is 3.46. The van der Waals surface area contributed by atoms with Crippen molar-refractivity contribution in [2.45, 2.75) is 13.0 Å². The fraction of sp³-hybridized carbons (Fsp3) is 0.111. The maximum Gasteiger partial charge on any atom is 0.257 e. The van der Waals surface area contributed by atoms with Gasteiger partial charge < -0.3 is 14.8 Å². The van der Waals surface area contributed by atoms with Crippen LogP contribution in [0.15, 0.2) is 59.1 Å². The topological polar surface area (TPSA) is 75.4 Å². The number of aromatic nitrogens is 1. The smallest absolute Gasteiger partial charge is 0.257 e. The molecule has 0 bridgehead atoms. The van der Waals surface area contributed by atoms with Gasteiger partial charge >= 0.3 is 0 Å². The van der Waals surface area contributed by atoms with E-state index in [1.54, 1.807) is 37.4 Å². The highest BCUT2D eigenvalue weighted by Gasteiger charge is 2.18. The van der Waals surface area contributed by atoms with Gasteiger partial charge in [-0.15, -0.1) is 0 Å². The van der Waals surface area contributed by atoms with Gasteiger partial charge in [0, 0.05) is 11.3 Å². The fourth-order valence-electron chi connectivity index (χ4n) is 2.23. The van der Waals surface area contributed by atoms with E-state index >= 15 is 0 Å². The van der Waals surface area contributed by atoms with Crippen molar-refractivity contribution in [3.05, 3.63) is 71.9 Å². The van der Waals surface area contributed by atoms with Crippen LogP contribution in [0.4, 0.5) is 10.1 Å². The van der Waals surface area contributed by atoms with Crippen LogP contribution in [0.25, 0.3) is 11.5 Å². The minimum Gasteiger partial charge on any atom is -0.441 e. The third-order valence-corrected chi connectivity index (χ3v) is 3.43. The highest BCUT2D eigenvalue weighted by molar-refractivity contribution is 5.95. The third kappa shape index (κ3) is 3.49. The van der Waals surface area contributed by atoms with Crippen LogP contribution < -0.4 is 5.32 Å². The molecule has 0 aliphatic heterocycles. The lowest BCUT2D eigenvalue weighted by molar-refractivity contribution is -0.124. The van der Waals surface area contributed by atoms with E-state index in [0.717, 1.165) is 0 Å². The molecule has 0 radical (unpaired) electrons. The van der Waals surface area contributed by atoms with Crippen LogP contribution in [0, 0.1) is 12.7 Å². The van der Waals surface area contributed by atoms with Gasteiger partial charge in [0.2, 0.25) is 5.89 Å². The highest BCUT2D eigenvalue weighted by Crippen LogP contribution is 2.23. The molecule has 3 aromatic rings. The lowest BCUT2D eigenvalue weighted by Crippen LogP contribution is -2.20. The van der Waals surface area contributed by atoms with E-state index < -0.39 is 17.8 Å². The summed E-state index contributed by atoms with van der Waals surface area (Å²) in [5.74, 6) is 0.0940. The number of carbonyl (C=O) groups excluding carboxylic acids is 1. The van der Waals surface area contributed by atoms with Gasteiger partial charge in [0.1, 0.15) is 11.6 Å². The SMILES string of the molecule is Cc1cnc(-c2cccc(NC(=O)C(O)c3ccc(F)cc3)c2)o1. The summed E-state index contributed by atoms with van der Waals surface area (Å²) in [6.07, 6.45) is 0.219. The average molecular weight is 326 g/mol. The van der Waals surface area contributed by atoms with Crippen LogP contribution in [-0.4, -0.2) is 16.0 Å². The molecule has 5 nitrogen and oxygen atoms in total. The number of aryl methyl sites for hydroxylation is 1. The minimum absolute atomic E-state index is 0.313. The number of aliphatic hydroxyl groups is 1. The Kier molecular flexibility index (Phi) is 4.39. The molecular weight excluding hydrogens is 311 g/mol. The summed E-state index contributed by atoms with van der Waals surface area (Å²) < 4.78 is 18.4. The zero-order chi connectivity index (χ0) is 17.1. The molecule has 24 heavy (non-hydrogen) atoms. The molecule has 1 aromatic heterocycles. The number of benzene rings is 2. The quantitative estimate of drug-likeness (QED) is 0.770. The summed E-state index contributed by atoms with van der Waals surface area (Å²) in [5, 5.41) is 12.7. The van der Waals surface area contributed by atoms with E-state index in [2.05, 4.69) is 10.3 Å².